The molecule has 2 rings (SSSR count). The van der Waals surface area contributed by atoms with E-state index in [9.17, 15) is 28.0 Å². The van der Waals surface area contributed by atoms with E-state index >= 15 is 0 Å². The third-order valence-corrected chi connectivity index (χ3v) is 5.77. The van der Waals surface area contributed by atoms with Gasteiger partial charge in [0.2, 0.25) is 10.0 Å². The Balaban J connectivity index is 2.04. The maximum absolute atomic E-state index is 12.1. The molecule has 2 N–H and O–H groups in total. The number of nitro groups is 1. The molecule has 1 atom stereocenters. The lowest BCUT2D eigenvalue weighted by molar-refractivity contribution is -0.384. The minimum absolute atomic E-state index is 0.0477. The van der Waals surface area contributed by atoms with Crippen LogP contribution in [0.25, 0.3) is 0 Å². The quantitative estimate of drug-likeness (QED) is 0.424. The Morgan fingerprint density at radius 3 is 2.24 bits per heavy atom. The van der Waals surface area contributed by atoms with Gasteiger partial charge < -0.3 is 9.42 Å². The van der Waals surface area contributed by atoms with Crippen LogP contribution in [0.5, 0.6) is 5.75 Å². The van der Waals surface area contributed by atoms with E-state index in [0.29, 0.717) is 0 Å². The summed E-state index contributed by atoms with van der Waals surface area (Å²) < 4.78 is 43.0. The smallest absolute Gasteiger partial charge is 0.391 e. The third-order valence-electron chi connectivity index (χ3n) is 3.08. The molecule has 0 saturated heterocycles. The van der Waals surface area contributed by atoms with E-state index in [1.165, 1.54) is 12.1 Å². The molecule has 0 saturated carbocycles. The van der Waals surface area contributed by atoms with E-state index < -0.39 is 28.8 Å². The molecule has 0 heterocycles. The van der Waals surface area contributed by atoms with Crippen LogP contribution in [0.2, 0.25) is 0 Å². The van der Waals surface area contributed by atoms with Gasteiger partial charge in [-0.3, -0.25) is 10.1 Å². The number of nitrogens with one attached hydrogen (secondary N) is 1. The summed E-state index contributed by atoms with van der Waals surface area (Å²) >= 11 is 0. The molecule has 0 spiro atoms. The van der Waals surface area contributed by atoms with Crippen molar-refractivity contribution in [2.75, 3.05) is 6.29 Å². The van der Waals surface area contributed by atoms with E-state index in [0.717, 1.165) is 29.8 Å². The number of sulfonamides is 1. The molecular weight excluding hydrogens is 371 g/mol. The number of aryl methyl sites for hydroxylation is 1. The average molecular weight is 386 g/mol. The van der Waals surface area contributed by atoms with Gasteiger partial charge in [-0.05, 0) is 31.2 Å². The summed E-state index contributed by atoms with van der Waals surface area (Å²) in [6.07, 6.45) is -0.847. The lowest BCUT2D eigenvalue weighted by atomic mass is 10.2. The first kappa shape index (κ1) is 19.1. The number of non-ortho nitro benzene ring substituents is 1. The summed E-state index contributed by atoms with van der Waals surface area (Å²) in [5, 5.41) is 10.5. The Kier molecular flexibility index (Phi) is 5.58. The second-order valence-corrected chi connectivity index (χ2v) is 8.64. The minimum atomic E-state index is -4.34. The van der Waals surface area contributed by atoms with Crippen LogP contribution < -0.4 is 9.25 Å². The molecule has 0 aromatic heterocycles. The van der Waals surface area contributed by atoms with Crippen molar-refractivity contribution in [1.29, 1.82) is 0 Å². The highest BCUT2D eigenvalue weighted by Crippen LogP contribution is 2.41. The summed E-state index contributed by atoms with van der Waals surface area (Å²) in [7, 11) is -8.31. The Morgan fingerprint density at radius 2 is 1.72 bits per heavy atom. The zero-order valence-electron chi connectivity index (χ0n) is 13.0. The Labute approximate surface area is 144 Å². The van der Waals surface area contributed by atoms with Crippen LogP contribution in [-0.4, -0.2) is 24.5 Å². The number of hydrogen-bond acceptors (Lipinski definition) is 6. The summed E-state index contributed by atoms with van der Waals surface area (Å²) in [5.41, 5.74) is 0.661. The van der Waals surface area contributed by atoms with Crippen molar-refractivity contribution in [3.8, 4) is 5.75 Å². The van der Waals surface area contributed by atoms with Crippen molar-refractivity contribution in [2.45, 2.75) is 11.8 Å². The summed E-state index contributed by atoms with van der Waals surface area (Å²) in [6, 6.07) is 10.4. The number of benzene rings is 2. The molecule has 0 aliphatic heterocycles. The minimum Gasteiger partial charge on any atom is -0.424 e. The molecule has 25 heavy (non-hydrogen) atoms. The fraction of sp³-hybridized carbons (Fsp3) is 0.143. The molecule has 1 unspecified atom stereocenters. The van der Waals surface area contributed by atoms with Crippen molar-refractivity contribution >= 4 is 23.3 Å². The van der Waals surface area contributed by atoms with Crippen LogP contribution in [0.4, 0.5) is 5.69 Å². The monoisotopic (exact) mass is 386 g/mol. The van der Waals surface area contributed by atoms with Gasteiger partial charge in [0.15, 0.2) is 0 Å². The van der Waals surface area contributed by atoms with Crippen molar-refractivity contribution < 1.29 is 27.3 Å². The lowest BCUT2D eigenvalue weighted by Gasteiger charge is -2.14. The van der Waals surface area contributed by atoms with E-state index in [1.807, 2.05) is 4.72 Å². The summed E-state index contributed by atoms with van der Waals surface area (Å²) in [4.78, 5) is 19.6. The fourth-order valence-electron chi connectivity index (χ4n) is 1.79. The molecular formula is C14H15N2O7PS. The second kappa shape index (κ2) is 7.32. The standard InChI is InChI=1S/C14H15N2O7PS/c1-11-2-8-14(9-3-11)25(21,22)15-10-24(19,20)23-13-6-4-12(5-7-13)16(17)18/h2-9,15H,10H2,1H3,(H,19,20). The normalized spacial score (nSPS) is 13.8. The van der Waals surface area contributed by atoms with Gasteiger partial charge in [-0.25, -0.2) is 13.0 Å². The highest BCUT2D eigenvalue weighted by molar-refractivity contribution is 7.89. The predicted molar refractivity (Wildman–Crippen MR) is 89.9 cm³/mol. The van der Waals surface area contributed by atoms with Crippen LogP contribution in [-0.2, 0) is 14.6 Å². The van der Waals surface area contributed by atoms with Gasteiger partial charge in [0, 0.05) is 12.1 Å². The van der Waals surface area contributed by atoms with E-state index in [-0.39, 0.29) is 16.3 Å². The molecule has 0 aliphatic rings. The van der Waals surface area contributed by atoms with Crippen molar-refractivity contribution in [2.24, 2.45) is 0 Å². The van der Waals surface area contributed by atoms with E-state index in [2.05, 4.69) is 0 Å². The summed E-state index contributed by atoms with van der Waals surface area (Å²) in [6.45, 7) is 1.80. The zero-order chi connectivity index (χ0) is 18.7. The van der Waals surface area contributed by atoms with Crippen molar-refractivity contribution in [1.82, 2.24) is 4.72 Å². The molecule has 11 heteroatoms. The highest BCUT2D eigenvalue weighted by Gasteiger charge is 2.25. The molecule has 2 aromatic rings. The molecule has 0 radical (unpaired) electrons. The average Bonchev–Trinajstić information content (AvgIpc) is 2.54. The largest absolute Gasteiger partial charge is 0.424 e. The number of nitrogens with zero attached hydrogens (tertiary/aromatic N) is 1. The Hall–Kier alpha value is -2.26. The number of rotatable bonds is 7. The molecule has 9 nitrogen and oxygen atoms in total. The first-order chi connectivity index (χ1) is 11.6. The van der Waals surface area contributed by atoms with Crippen LogP contribution in [0.1, 0.15) is 5.56 Å². The van der Waals surface area contributed by atoms with Crippen LogP contribution in [0.3, 0.4) is 0 Å². The Morgan fingerprint density at radius 1 is 1.16 bits per heavy atom. The van der Waals surface area contributed by atoms with Crippen LogP contribution >= 0.6 is 7.60 Å². The van der Waals surface area contributed by atoms with Crippen LogP contribution in [0, 0.1) is 17.0 Å². The SMILES string of the molecule is Cc1ccc(S(=O)(=O)NCP(=O)(O)Oc2ccc([N+](=O)[O-])cc2)cc1. The predicted octanol–water partition coefficient (Wildman–Crippen LogP) is 2.40. The zero-order valence-corrected chi connectivity index (χ0v) is 14.7. The van der Waals surface area contributed by atoms with Gasteiger partial charge in [-0.15, -0.1) is 0 Å². The Bertz CT molecular complexity index is 911. The van der Waals surface area contributed by atoms with Gasteiger partial charge in [0.1, 0.15) is 12.0 Å². The van der Waals surface area contributed by atoms with E-state index in [4.69, 9.17) is 4.52 Å². The molecule has 134 valence electrons. The van der Waals surface area contributed by atoms with Crippen molar-refractivity contribution in [3.63, 3.8) is 0 Å². The van der Waals surface area contributed by atoms with Gasteiger partial charge in [0.05, 0.1) is 9.82 Å². The van der Waals surface area contributed by atoms with Gasteiger partial charge >= 0.3 is 7.60 Å². The number of nitro benzene ring substituents is 1. The molecule has 0 amide bonds. The molecule has 0 bridgehead atoms. The second-order valence-electron chi connectivity index (χ2n) is 5.10. The topological polar surface area (TPSA) is 136 Å². The molecule has 0 fully saturated rings. The fourth-order valence-corrected chi connectivity index (χ4v) is 4.30. The maximum atomic E-state index is 12.1. The summed E-state index contributed by atoms with van der Waals surface area (Å²) in [5.74, 6) is -0.0917. The molecule has 0 aliphatic carbocycles. The van der Waals surface area contributed by atoms with E-state index in [1.54, 1.807) is 19.1 Å². The first-order valence-electron chi connectivity index (χ1n) is 6.91. The van der Waals surface area contributed by atoms with Gasteiger partial charge in [0.25, 0.3) is 5.69 Å². The highest BCUT2D eigenvalue weighted by atomic mass is 32.2. The molecule has 2 aromatic carbocycles. The first-order valence-corrected chi connectivity index (χ1v) is 10.2. The van der Waals surface area contributed by atoms with Gasteiger partial charge in [-0.1, -0.05) is 17.7 Å². The lowest BCUT2D eigenvalue weighted by Crippen LogP contribution is -2.25. The maximum Gasteiger partial charge on any atom is 0.391 e. The van der Waals surface area contributed by atoms with Crippen molar-refractivity contribution in [3.05, 3.63) is 64.2 Å². The van der Waals surface area contributed by atoms with Gasteiger partial charge in [-0.2, -0.15) is 4.72 Å². The number of hydrogen-bond donors (Lipinski definition) is 2. The van der Waals surface area contributed by atoms with Crippen LogP contribution in [0.15, 0.2) is 53.4 Å². The third kappa shape index (κ3) is 5.36.